The summed E-state index contributed by atoms with van der Waals surface area (Å²) in [5, 5.41) is 9.19. The van der Waals surface area contributed by atoms with Gasteiger partial charge < -0.3 is 9.84 Å². The van der Waals surface area contributed by atoms with Crippen LogP contribution in [0, 0.1) is 22.7 Å². The normalized spacial score (nSPS) is 47.9. The molecule has 0 aromatic carbocycles. The first-order valence-corrected chi connectivity index (χ1v) is 9.18. The number of aliphatic hydroxyl groups is 1. The second-order valence-corrected chi connectivity index (χ2v) is 9.28. The highest BCUT2D eigenvalue weighted by Gasteiger charge is 2.62. The van der Waals surface area contributed by atoms with Crippen LogP contribution in [0.15, 0.2) is 11.6 Å². The lowest BCUT2D eigenvalue weighted by molar-refractivity contribution is -0.152. The fourth-order valence-electron chi connectivity index (χ4n) is 6.41. The predicted molar refractivity (Wildman–Crippen MR) is 90.7 cm³/mol. The molecule has 0 aromatic rings. The predicted octanol–water partition coefficient (Wildman–Crippen LogP) is 4.72. The van der Waals surface area contributed by atoms with Gasteiger partial charge in [-0.05, 0) is 74.2 Å². The maximum Gasteiger partial charge on any atom is 0.0794 e. The smallest absolute Gasteiger partial charge is 0.0794 e. The maximum atomic E-state index is 9.19. The van der Waals surface area contributed by atoms with Gasteiger partial charge in [0.15, 0.2) is 0 Å². The molecule has 22 heavy (non-hydrogen) atoms. The monoisotopic (exact) mass is 306 g/mol. The van der Waals surface area contributed by atoms with Gasteiger partial charge in [0.2, 0.25) is 0 Å². The summed E-state index contributed by atoms with van der Waals surface area (Å²) < 4.78 is 6.57. The minimum atomic E-state index is 0.0356. The van der Waals surface area contributed by atoms with Crippen LogP contribution >= 0.6 is 0 Å². The lowest BCUT2D eigenvalue weighted by Gasteiger charge is -2.60. The third-order valence-corrected chi connectivity index (χ3v) is 7.52. The third-order valence-electron chi connectivity index (χ3n) is 7.52. The molecule has 2 nitrogen and oxygen atoms in total. The Morgan fingerprint density at radius 1 is 1.14 bits per heavy atom. The molecular weight excluding hydrogens is 272 g/mol. The highest BCUT2D eigenvalue weighted by molar-refractivity contribution is 5.16. The molecule has 2 heteroatoms. The lowest BCUT2D eigenvalue weighted by Crippen LogP contribution is -2.55. The van der Waals surface area contributed by atoms with Crippen LogP contribution < -0.4 is 0 Å². The van der Waals surface area contributed by atoms with Gasteiger partial charge in [0.1, 0.15) is 0 Å². The molecule has 5 atom stereocenters. The summed E-state index contributed by atoms with van der Waals surface area (Å²) in [4.78, 5) is 0. The molecule has 0 radical (unpaired) electrons. The van der Waals surface area contributed by atoms with E-state index in [0.29, 0.717) is 16.7 Å². The van der Waals surface area contributed by atoms with Crippen molar-refractivity contribution in [2.45, 2.75) is 84.8 Å². The molecule has 3 aliphatic rings. The number of hydrogen-bond acceptors (Lipinski definition) is 2. The van der Waals surface area contributed by atoms with Crippen molar-refractivity contribution in [2.75, 3.05) is 6.61 Å². The first kappa shape index (κ1) is 16.5. The van der Waals surface area contributed by atoms with Crippen molar-refractivity contribution in [1.29, 1.82) is 0 Å². The van der Waals surface area contributed by atoms with Crippen LogP contribution in [0.3, 0.4) is 0 Å². The van der Waals surface area contributed by atoms with E-state index >= 15 is 0 Å². The molecule has 0 unspecified atom stereocenters. The minimum absolute atomic E-state index is 0.0356. The summed E-state index contributed by atoms with van der Waals surface area (Å²) in [6.07, 6.45) is 9.89. The van der Waals surface area contributed by atoms with E-state index in [1.807, 2.05) is 6.08 Å². The summed E-state index contributed by atoms with van der Waals surface area (Å²) in [6.45, 7) is 12.1. The first-order valence-electron chi connectivity index (χ1n) is 9.18. The zero-order valence-corrected chi connectivity index (χ0v) is 15.1. The van der Waals surface area contributed by atoms with E-state index in [4.69, 9.17) is 4.74 Å². The standard InChI is InChI=1S/C20H34O2/c1-14(8-12-21)15-13-17-19(4)10-6-9-18(2,3)16(19)7-11-20(17,5)22-15/h8,15-17,21H,6-7,9-13H2,1-5H3/b14-8+/t15-,16-,17+,19-,20+/m0/s1. The summed E-state index contributed by atoms with van der Waals surface area (Å²) in [5.41, 5.74) is 2.15. The molecule has 0 amide bonds. The van der Waals surface area contributed by atoms with Crippen LogP contribution in [0.1, 0.15) is 73.1 Å². The summed E-state index contributed by atoms with van der Waals surface area (Å²) >= 11 is 0. The zero-order valence-electron chi connectivity index (χ0n) is 15.1. The lowest BCUT2D eigenvalue weighted by atomic mass is 9.45. The number of rotatable bonds is 2. The van der Waals surface area contributed by atoms with Gasteiger partial charge in [-0.3, -0.25) is 0 Å². The molecule has 2 saturated carbocycles. The Kier molecular flexibility index (Phi) is 4.01. The molecule has 0 bridgehead atoms. The highest BCUT2D eigenvalue weighted by atomic mass is 16.5. The Morgan fingerprint density at radius 2 is 1.86 bits per heavy atom. The van der Waals surface area contributed by atoms with E-state index in [1.165, 1.54) is 37.7 Å². The van der Waals surface area contributed by atoms with E-state index in [9.17, 15) is 5.11 Å². The molecule has 0 aromatic heterocycles. The van der Waals surface area contributed by atoms with Gasteiger partial charge in [0.05, 0.1) is 18.3 Å². The van der Waals surface area contributed by atoms with Crippen molar-refractivity contribution in [3.8, 4) is 0 Å². The van der Waals surface area contributed by atoms with E-state index in [0.717, 1.165) is 12.3 Å². The van der Waals surface area contributed by atoms with Crippen LogP contribution in [-0.4, -0.2) is 23.4 Å². The first-order chi connectivity index (χ1) is 10.2. The van der Waals surface area contributed by atoms with E-state index in [2.05, 4.69) is 34.6 Å². The average Bonchev–Trinajstić information content (AvgIpc) is 2.77. The molecule has 0 spiro atoms. The molecule has 1 heterocycles. The average molecular weight is 306 g/mol. The van der Waals surface area contributed by atoms with Crippen LogP contribution in [-0.2, 0) is 4.74 Å². The fraction of sp³-hybridized carbons (Fsp3) is 0.900. The summed E-state index contributed by atoms with van der Waals surface area (Å²) in [6, 6.07) is 0. The number of aliphatic hydroxyl groups excluding tert-OH is 1. The SMILES string of the molecule is C/C(=C\CO)[C@@H]1C[C@@H]2[C@@]3(C)CCCC(C)(C)[C@@H]3CC[C@@]2(C)O1. The highest BCUT2D eigenvalue weighted by Crippen LogP contribution is 2.65. The third kappa shape index (κ3) is 2.38. The van der Waals surface area contributed by atoms with Crippen molar-refractivity contribution in [2.24, 2.45) is 22.7 Å². The second kappa shape index (κ2) is 5.34. The molecule has 3 rings (SSSR count). The molecule has 126 valence electrons. The molecule has 1 saturated heterocycles. The molecule has 3 fully saturated rings. The summed E-state index contributed by atoms with van der Waals surface area (Å²) in [5.74, 6) is 1.49. The summed E-state index contributed by atoms with van der Waals surface area (Å²) in [7, 11) is 0. The van der Waals surface area contributed by atoms with Crippen LogP contribution in [0.25, 0.3) is 0 Å². The van der Waals surface area contributed by atoms with E-state index in [-0.39, 0.29) is 18.3 Å². The second-order valence-electron chi connectivity index (χ2n) is 9.28. The quantitative estimate of drug-likeness (QED) is 0.748. The Hall–Kier alpha value is -0.340. The van der Waals surface area contributed by atoms with Gasteiger partial charge in [0.25, 0.3) is 0 Å². The van der Waals surface area contributed by atoms with Crippen molar-refractivity contribution in [3.63, 3.8) is 0 Å². The topological polar surface area (TPSA) is 29.5 Å². The Morgan fingerprint density at radius 3 is 2.55 bits per heavy atom. The number of fused-ring (bicyclic) bond motifs is 3. The largest absolute Gasteiger partial charge is 0.392 e. The Labute approximate surface area is 136 Å². The van der Waals surface area contributed by atoms with Crippen molar-refractivity contribution in [3.05, 3.63) is 11.6 Å². The van der Waals surface area contributed by atoms with Gasteiger partial charge in [-0.25, -0.2) is 0 Å². The number of hydrogen-bond donors (Lipinski definition) is 1. The molecule has 1 aliphatic heterocycles. The van der Waals surface area contributed by atoms with Crippen LogP contribution in [0.2, 0.25) is 0 Å². The van der Waals surface area contributed by atoms with Gasteiger partial charge in [-0.15, -0.1) is 0 Å². The zero-order chi connectivity index (χ0) is 16.2. The van der Waals surface area contributed by atoms with Gasteiger partial charge in [0, 0.05) is 0 Å². The number of ether oxygens (including phenoxy) is 1. The van der Waals surface area contributed by atoms with Gasteiger partial charge in [-0.2, -0.15) is 0 Å². The minimum Gasteiger partial charge on any atom is -0.392 e. The van der Waals surface area contributed by atoms with Gasteiger partial charge in [-0.1, -0.05) is 33.3 Å². The van der Waals surface area contributed by atoms with Crippen molar-refractivity contribution >= 4 is 0 Å². The Bertz CT molecular complexity index is 466. The molecular formula is C20H34O2. The maximum absolute atomic E-state index is 9.19. The van der Waals surface area contributed by atoms with E-state index < -0.39 is 0 Å². The van der Waals surface area contributed by atoms with Crippen LogP contribution in [0.4, 0.5) is 0 Å². The Balaban J connectivity index is 1.91. The van der Waals surface area contributed by atoms with Crippen molar-refractivity contribution < 1.29 is 9.84 Å². The fourth-order valence-corrected chi connectivity index (χ4v) is 6.41. The molecule has 2 aliphatic carbocycles. The van der Waals surface area contributed by atoms with Crippen molar-refractivity contribution in [1.82, 2.24) is 0 Å². The van der Waals surface area contributed by atoms with Crippen LogP contribution in [0.5, 0.6) is 0 Å². The van der Waals surface area contributed by atoms with Gasteiger partial charge >= 0.3 is 0 Å². The van der Waals surface area contributed by atoms with E-state index in [1.54, 1.807) is 0 Å². The molecule has 1 N–H and O–H groups in total.